The summed E-state index contributed by atoms with van der Waals surface area (Å²) >= 11 is 0. The largest absolute Gasteiger partial charge is 0.198 e. The van der Waals surface area contributed by atoms with E-state index in [4.69, 9.17) is 21.0 Å². The fourth-order valence-electron chi connectivity index (χ4n) is 1.52. The number of nitrogens with zero attached hydrogens (tertiary/aromatic N) is 4. The van der Waals surface area contributed by atoms with E-state index in [9.17, 15) is 0 Å². The van der Waals surface area contributed by atoms with Gasteiger partial charge in [-0.1, -0.05) is 25.7 Å². The number of rotatable bonds is 10. The van der Waals surface area contributed by atoms with Crippen LogP contribution in [0.25, 0.3) is 0 Å². The highest BCUT2D eigenvalue weighted by molar-refractivity contribution is 4.71. The zero-order valence-electron chi connectivity index (χ0n) is 12.3. The van der Waals surface area contributed by atoms with Crippen molar-refractivity contribution >= 4 is 0 Å². The van der Waals surface area contributed by atoms with E-state index in [1.165, 1.54) is 0 Å². The van der Waals surface area contributed by atoms with E-state index >= 15 is 0 Å². The van der Waals surface area contributed by atoms with E-state index in [0.29, 0.717) is 25.7 Å². The summed E-state index contributed by atoms with van der Waals surface area (Å²) in [5, 5.41) is 32.7. The molecule has 20 heavy (non-hydrogen) atoms. The first kappa shape index (κ1) is 20.3. The van der Waals surface area contributed by atoms with Crippen molar-refractivity contribution in [1.82, 2.24) is 0 Å². The van der Waals surface area contributed by atoms with E-state index in [2.05, 4.69) is 24.3 Å². The Kier molecular flexibility index (Phi) is 22.5. The molecule has 0 fully saturated rings. The molecule has 0 aromatic carbocycles. The van der Waals surface area contributed by atoms with E-state index in [1.807, 2.05) is 0 Å². The molecular formula is C16H24N4. The Bertz CT molecular complexity index is 277. The van der Waals surface area contributed by atoms with Crippen molar-refractivity contribution < 1.29 is 0 Å². The molecule has 0 rings (SSSR count). The molecule has 0 aromatic heterocycles. The summed E-state index contributed by atoms with van der Waals surface area (Å²) < 4.78 is 0. The number of hydrogen-bond donors (Lipinski definition) is 0. The molecule has 0 amide bonds. The molecule has 0 N–H and O–H groups in total. The van der Waals surface area contributed by atoms with Crippen LogP contribution < -0.4 is 0 Å². The van der Waals surface area contributed by atoms with Gasteiger partial charge in [-0.25, -0.2) is 0 Å². The third-order valence-electron chi connectivity index (χ3n) is 2.65. The highest BCUT2D eigenvalue weighted by atomic mass is 14.2. The maximum Gasteiger partial charge on any atom is 0.0621 e. The summed E-state index contributed by atoms with van der Waals surface area (Å²) in [6.07, 6.45) is 11.0. The second-order valence-corrected chi connectivity index (χ2v) is 4.46. The molecule has 0 spiro atoms. The lowest BCUT2D eigenvalue weighted by atomic mass is 10.1. The van der Waals surface area contributed by atoms with Gasteiger partial charge in [-0.3, -0.25) is 0 Å². The molecule has 0 saturated carbocycles. The predicted molar refractivity (Wildman–Crippen MR) is 77.9 cm³/mol. The van der Waals surface area contributed by atoms with Crippen LogP contribution >= 0.6 is 0 Å². The highest BCUT2D eigenvalue weighted by Gasteiger charge is 1.88. The van der Waals surface area contributed by atoms with Gasteiger partial charge in [-0.05, 0) is 25.7 Å². The molecule has 4 nitrogen and oxygen atoms in total. The monoisotopic (exact) mass is 272 g/mol. The molecule has 0 aromatic rings. The van der Waals surface area contributed by atoms with Crippen LogP contribution in [0.1, 0.15) is 77.0 Å². The van der Waals surface area contributed by atoms with Crippen molar-refractivity contribution in [2.45, 2.75) is 77.0 Å². The Hall–Kier alpha value is -2.04. The number of hydrogen-bond acceptors (Lipinski definition) is 4. The van der Waals surface area contributed by atoms with Crippen LogP contribution in [-0.2, 0) is 0 Å². The summed E-state index contributed by atoms with van der Waals surface area (Å²) in [4.78, 5) is 0. The van der Waals surface area contributed by atoms with Gasteiger partial charge in [-0.15, -0.1) is 0 Å². The van der Waals surface area contributed by atoms with Gasteiger partial charge < -0.3 is 0 Å². The minimum absolute atomic E-state index is 0.659. The first-order chi connectivity index (χ1) is 9.83. The van der Waals surface area contributed by atoms with Gasteiger partial charge in [0.25, 0.3) is 0 Å². The topological polar surface area (TPSA) is 95.2 Å². The van der Waals surface area contributed by atoms with Crippen LogP contribution in [0.15, 0.2) is 0 Å². The van der Waals surface area contributed by atoms with Crippen LogP contribution in [0.5, 0.6) is 0 Å². The van der Waals surface area contributed by atoms with Crippen LogP contribution in [0.3, 0.4) is 0 Å². The van der Waals surface area contributed by atoms with Crippen molar-refractivity contribution in [3.05, 3.63) is 0 Å². The summed E-state index contributed by atoms with van der Waals surface area (Å²) in [5.74, 6) is 0. The molecule has 0 aliphatic carbocycles. The van der Waals surface area contributed by atoms with Crippen molar-refractivity contribution in [3.8, 4) is 24.3 Å². The van der Waals surface area contributed by atoms with E-state index in [1.54, 1.807) is 0 Å². The molecule has 0 saturated heterocycles. The van der Waals surface area contributed by atoms with Crippen molar-refractivity contribution in [2.75, 3.05) is 0 Å². The van der Waals surface area contributed by atoms with E-state index in [-0.39, 0.29) is 0 Å². The average Bonchev–Trinajstić information content (AvgIpc) is 2.47. The average molecular weight is 272 g/mol. The highest BCUT2D eigenvalue weighted by Crippen LogP contribution is 2.04. The maximum absolute atomic E-state index is 8.17. The van der Waals surface area contributed by atoms with E-state index in [0.717, 1.165) is 51.4 Å². The Morgan fingerprint density at radius 2 is 0.550 bits per heavy atom. The lowest BCUT2D eigenvalue weighted by Crippen LogP contribution is -1.76. The van der Waals surface area contributed by atoms with Gasteiger partial charge in [0.1, 0.15) is 0 Å². The van der Waals surface area contributed by atoms with Gasteiger partial charge in [0.05, 0.1) is 24.3 Å². The molecule has 0 radical (unpaired) electrons. The summed E-state index contributed by atoms with van der Waals surface area (Å²) in [7, 11) is 0. The zero-order chi connectivity index (χ0) is 15.3. The third-order valence-corrected chi connectivity index (χ3v) is 2.65. The maximum atomic E-state index is 8.17. The Morgan fingerprint density at radius 3 is 0.700 bits per heavy atom. The first-order valence-corrected chi connectivity index (χ1v) is 7.31. The van der Waals surface area contributed by atoms with Crippen LogP contribution in [0.4, 0.5) is 0 Å². The zero-order valence-corrected chi connectivity index (χ0v) is 12.3. The molecule has 4 heteroatoms. The standard InChI is InChI=1S/2C8H12N2/c2*9-7-5-3-1-2-4-6-8-10/h2*1-6H2. The molecule has 0 atom stereocenters. The molecule has 0 aliphatic rings. The second kappa shape index (κ2) is 22.2. The third kappa shape index (κ3) is 25.0. The molecule has 0 unspecified atom stereocenters. The van der Waals surface area contributed by atoms with Crippen LogP contribution in [0.2, 0.25) is 0 Å². The lowest BCUT2D eigenvalue weighted by Gasteiger charge is -1.92. The Balaban J connectivity index is 0. The molecule has 0 heterocycles. The normalized spacial score (nSPS) is 8.20. The quantitative estimate of drug-likeness (QED) is 0.536. The van der Waals surface area contributed by atoms with Crippen LogP contribution in [0, 0.1) is 45.3 Å². The smallest absolute Gasteiger partial charge is 0.0621 e. The minimum atomic E-state index is 0.659. The van der Waals surface area contributed by atoms with Crippen molar-refractivity contribution in [2.24, 2.45) is 0 Å². The minimum Gasteiger partial charge on any atom is -0.198 e. The SMILES string of the molecule is N#CCCCCCCC#N.N#CCCCCCCC#N. The first-order valence-electron chi connectivity index (χ1n) is 7.31. The second-order valence-electron chi connectivity index (χ2n) is 4.46. The number of nitriles is 4. The Morgan fingerprint density at radius 1 is 0.350 bits per heavy atom. The van der Waals surface area contributed by atoms with Gasteiger partial charge in [0.15, 0.2) is 0 Å². The lowest BCUT2D eigenvalue weighted by molar-refractivity contribution is 0.657. The van der Waals surface area contributed by atoms with Crippen LogP contribution in [-0.4, -0.2) is 0 Å². The molecular weight excluding hydrogens is 248 g/mol. The predicted octanol–water partition coefficient (Wildman–Crippen LogP) is 4.75. The van der Waals surface area contributed by atoms with E-state index < -0.39 is 0 Å². The summed E-state index contributed by atoms with van der Waals surface area (Å²) in [5.41, 5.74) is 0. The van der Waals surface area contributed by atoms with Crippen molar-refractivity contribution in [1.29, 1.82) is 21.0 Å². The molecule has 108 valence electrons. The molecule has 0 bridgehead atoms. The molecule has 0 aliphatic heterocycles. The summed E-state index contributed by atoms with van der Waals surface area (Å²) in [6.45, 7) is 0. The fraction of sp³-hybridized carbons (Fsp3) is 0.750. The van der Waals surface area contributed by atoms with Gasteiger partial charge >= 0.3 is 0 Å². The van der Waals surface area contributed by atoms with Gasteiger partial charge in [0.2, 0.25) is 0 Å². The Labute approximate surface area is 123 Å². The fourth-order valence-corrected chi connectivity index (χ4v) is 1.52. The van der Waals surface area contributed by atoms with Gasteiger partial charge in [-0.2, -0.15) is 21.0 Å². The summed E-state index contributed by atoms with van der Waals surface area (Å²) in [6, 6.07) is 8.37. The number of unbranched alkanes of at least 4 members (excludes halogenated alkanes) is 10. The van der Waals surface area contributed by atoms with Gasteiger partial charge in [0, 0.05) is 25.7 Å². The van der Waals surface area contributed by atoms with Crippen molar-refractivity contribution in [3.63, 3.8) is 0 Å².